The van der Waals surface area contributed by atoms with Crippen LogP contribution < -0.4 is 244 Å². The van der Waals surface area contributed by atoms with Gasteiger partial charge in [-0.05, 0) is 127 Å². The second-order valence-corrected chi connectivity index (χ2v) is 31.4. The maximum absolute atomic E-state index is 11.0. The van der Waals surface area contributed by atoms with Crippen molar-refractivity contribution in [2.45, 2.75) is 25.3 Å². The molecule has 7 aromatic carbocycles. The number of aliphatic hydroxyl groups is 1. The number of non-ortho nitro benzene ring substituents is 1. The number of carboxylic acid groups (broad SMARTS) is 1. The number of allylic oxidation sites excluding steroid dienone is 3. The van der Waals surface area contributed by atoms with E-state index in [1.54, 1.807) is 24.3 Å². The van der Waals surface area contributed by atoms with Crippen molar-refractivity contribution in [3.8, 4) is 18.2 Å². The van der Waals surface area contributed by atoms with Crippen LogP contribution in [0.3, 0.4) is 0 Å². The summed E-state index contributed by atoms with van der Waals surface area (Å²) in [5.41, 5.74) is 35.1. The van der Waals surface area contributed by atoms with E-state index in [1.807, 2.05) is 127 Å². The van der Waals surface area contributed by atoms with Crippen molar-refractivity contribution >= 4 is 289 Å². The molecule has 14 aromatic rings. The van der Waals surface area contributed by atoms with Gasteiger partial charge in [0.15, 0.2) is 34.5 Å². The first-order valence-electron chi connectivity index (χ1n) is 32.3. The average molecular weight is 2120 g/mol. The number of fused-ring (bicyclic) bond motifs is 7. The molecule has 8 heterocycles. The van der Waals surface area contributed by atoms with Gasteiger partial charge in [-0.15, -0.1) is 122 Å². The van der Waals surface area contributed by atoms with Gasteiger partial charge in [0.1, 0.15) is 33.6 Å². The first kappa shape index (κ1) is 119. The Hall–Kier alpha value is -4.05. The van der Waals surface area contributed by atoms with Gasteiger partial charge in [0.05, 0.1) is 85.0 Å². The maximum atomic E-state index is 11.0. The Morgan fingerprint density at radius 2 is 1.07 bits per heavy atom. The molecule has 30 nitrogen and oxygen atoms in total. The Labute approximate surface area is 938 Å². The molecule has 121 heavy (non-hydrogen) atoms. The second-order valence-electron chi connectivity index (χ2n) is 20.7. The van der Waals surface area contributed by atoms with E-state index in [2.05, 4.69) is 97.3 Å². The molecule has 1 aliphatic rings. The van der Waals surface area contributed by atoms with Crippen LogP contribution in [0.15, 0.2) is 182 Å². The standard InChI is InChI=1S/C14H13N3O2S2.2C11H9N3S.C8H5N3S.C7H3ClN2O2S.C7H5ClN2S.C7H4ClNS.C4H7Br.CH3F.CN.CH2O3.CH4O.4K.HNO3.Sn.3H/c1-2-3-7-8(15)4-5-9-11(7)21-13(16-9)12-17-10(6-20-12)14(18)19;1-2-5-13-8-3-4-9-10(6-8)15-11(7-12)14-9;1-2-3-7-8(13)4-5-9-11(7)15-10(6-12)14-9;9-4-8-11-6-2-1-5(10)3-7(6)12-8;8-7-9-5-2-1-4(10(11)12)3-6(5)13-7;8-7-10-5-2-1-4(9)3-6(5)11-7;8-7-9-5-3-1-2-4-6(5)10-7;1-2-3-4-5;2*1-2;2-1-4-3;1-2;;;;;2-1-4-3;;;;/h2,4-5,10H,1,3,6,15H2,(H,18,19);2-4,6,13H,1,5H2;2,4-5H,1,3,13H2;1-3H,10H2;1-3H;1-3H,9H2;1-4H;2H,1,3-4H2;1H3;;1,3H;2H,1H3;;;;;3H;;;;/q;;;;;;;;;-1;;;4*+1;;;;;-1/p-2/t10-;;;;;;;;;;;;;;;;;;;;/m1..................../s1/i;;;;;;;;1D;;;;;;;;;;;;. The topological polar surface area (TPSA) is 526 Å². The Balaban J connectivity index is -0.000000647. The number of hydrogen-bond donors (Lipinski definition) is 7. The molecule has 610 valence electrons. The summed E-state index contributed by atoms with van der Waals surface area (Å²) < 4.78 is 24.0. The van der Waals surface area contributed by atoms with E-state index in [-0.39, 0.29) is 243 Å². The number of rotatable bonds is 14. The summed E-state index contributed by atoms with van der Waals surface area (Å²) in [6, 6.07) is 42.1. The quantitative estimate of drug-likeness (QED) is 0.00738. The number of nitrogens with one attached hydrogen (secondary N) is 1. The van der Waals surface area contributed by atoms with Crippen LogP contribution in [-0.4, -0.2) is 129 Å². The van der Waals surface area contributed by atoms with Gasteiger partial charge < -0.3 is 72.1 Å². The number of thiazole rings is 7. The monoisotopic (exact) mass is 2120 g/mol. The number of nitriles is 3. The number of nitro groups is 1. The minimum atomic E-state index is -1.00. The van der Waals surface area contributed by atoms with Crippen molar-refractivity contribution in [3.05, 3.63) is 238 Å². The molecule has 1 aliphatic heterocycles. The summed E-state index contributed by atoms with van der Waals surface area (Å²) in [5.74, 6) is -0.433. The van der Waals surface area contributed by atoms with E-state index in [4.69, 9.17) is 117 Å². The predicted octanol–water partition coefficient (Wildman–Crippen LogP) is 4.74. The van der Waals surface area contributed by atoms with Crippen molar-refractivity contribution in [2.75, 3.05) is 60.1 Å². The Morgan fingerprint density at radius 1 is 0.661 bits per heavy atom. The minimum absolute atomic E-state index is 0. The number of alkyl halides is 2. The van der Waals surface area contributed by atoms with Gasteiger partial charge in [0.2, 0.25) is 0 Å². The Bertz CT molecular complexity index is 5810. The molecule has 0 aliphatic carbocycles. The van der Waals surface area contributed by atoms with E-state index < -0.39 is 24.1 Å². The summed E-state index contributed by atoms with van der Waals surface area (Å²) in [5, 5.41) is 84.1. The molecule has 2 radical (unpaired) electrons. The van der Waals surface area contributed by atoms with E-state index in [1.165, 1.54) is 109 Å². The van der Waals surface area contributed by atoms with E-state index >= 15 is 0 Å². The molecule has 0 saturated heterocycles. The number of aliphatic hydroxyl groups excluding tert-OH is 1. The fraction of sp³-hybridized carbons (Fsp3) is 0.123. The number of para-hydroxylation sites is 1. The van der Waals surface area contributed by atoms with Crippen molar-refractivity contribution in [3.63, 3.8) is 0 Å². The van der Waals surface area contributed by atoms with Crippen LogP contribution in [0, 0.1) is 60.8 Å². The summed E-state index contributed by atoms with van der Waals surface area (Å²) in [4.78, 5) is 76.3. The van der Waals surface area contributed by atoms with E-state index in [9.17, 15) is 19.3 Å². The number of carbonyl (C=O) groups is 2. The zero-order valence-electron chi connectivity index (χ0n) is 66.8. The number of halogens is 5. The molecular formula is C73H66BrCl3FK4N19O11S8Sn. The Morgan fingerprint density at radius 3 is 1.49 bits per heavy atom. The van der Waals surface area contributed by atoms with Gasteiger partial charge in [-0.25, -0.2) is 39.7 Å². The van der Waals surface area contributed by atoms with Crippen LogP contribution in [-0.2, 0) is 32.3 Å². The third-order valence-corrected chi connectivity index (χ3v) is 22.4. The van der Waals surface area contributed by atoms with E-state index in [0.717, 1.165) is 130 Å². The number of thioether (sulfide) groups is 1. The van der Waals surface area contributed by atoms with Gasteiger partial charge in [0, 0.05) is 65.3 Å². The fourth-order valence-corrected chi connectivity index (χ4v) is 16.9. The number of nitrogen functional groups attached to an aromatic ring is 4. The zero-order chi connectivity index (χ0) is 86.9. The molecule has 1 atom stereocenters. The third kappa shape index (κ3) is 41.7. The molecule has 7 aromatic heterocycles. The number of benzene rings is 7. The van der Waals surface area contributed by atoms with Crippen LogP contribution in [0.1, 0.15) is 40.4 Å². The summed E-state index contributed by atoms with van der Waals surface area (Å²) >= 11 is 31.5. The molecule has 0 saturated carbocycles. The number of aliphatic carboxylic acids is 1. The zero-order valence-corrected chi connectivity index (χ0v) is 91.7. The van der Waals surface area contributed by atoms with Gasteiger partial charge in [0.25, 0.3) is 12.2 Å². The molecular weight excluding hydrogens is 2060 g/mol. The van der Waals surface area contributed by atoms with Crippen molar-refractivity contribution < 1.29 is 258 Å². The van der Waals surface area contributed by atoms with Crippen LogP contribution in [0.2, 0.25) is 13.4 Å². The van der Waals surface area contributed by atoms with Gasteiger partial charge in [-0.2, -0.15) is 15.8 Å². The molecule has 0 bridgehead atoms. The Kier molecular flexibility index (Phi) is 67.9. The second kappa shape index (κ2) is 69.1. The predicted molar refractivity (Wildman–Crippen MR) is 480 cm³/mol. The molecule has 0 spiro atoms. The summed E-state index contributed by atoms with van der Waals surface area (Å²) in [7, 11) is 0. The van der Waals surface area contributed by atoms with Gasteiger partial charge in [-0.3, -0.25) is 24.3 Å². The summed E-state index contributed by atoms with van der Waals surface area (Å²) in [6.07, 6.45) is 9.76. The van der Waals surface area contributed by atoms with Crippen LogP contribution >= 0.6 is 142 Å². The van der Waals surface area contributed by atoms with E-state index in [0.29, 0.717) is 63.3 Å². The first-order valence-corrected chi connectivity index (χ1v) is 40.6. The number of nitro benzene ring substituents is 1. The van der Waals surface area contributed by atoms with Crippen molar-refractivity contribution in [1.29, 1.82) is 21.0 Å². The normalized spacial score (nSPS) is 10.4. The fourth-order valence-electron chi connectivity index (χ4n) is 8.68. The molecule has 0 fully saturated rings. The van der Waals surface area contributed by atoms with Crippen molar-refractivity contribution in [2.24, 2.45) is 10.3 Å². The van der Waals surface area contributed by atoms with Gasteiger partial charge >= 0.3 is 235 Å². The average Bonchev–Trinajstić information content (AvgIpc) is 1.69. The third-order valence-electron chi connectivity index (χ3n) is 13.3. The van der Waals surface area contributed by atoms with Crippen LogP contribution in [0.25, 0.3) is 71.5 Å². The number of aromatic nitrogens is 7. The number of nitrogens with zero attached hydrogens (tertiary/aromatic N) is 14. The molecule has 48 heteroatoms. The van der Waals surface area contributed by atoms with Crippen LogP contribution in [0.5, 0.6) is 0 Å². The molecule has 0 amide bonds. The number of nitrogens with two attached hydrogens (primary N) is 4. The molecule has 11 N–H and O–H groups in total. The molecule has 15 rings (SSSR count). The number of carbonyl (C=O) groups excluding carboxylic acids is 1. The molecule has 0 unspecified atom stereocenters. The SMILES string of the molecule is C=CCCBr.C=CCNc1ccc2nc(C#N)sc2c1.C=CCc1c(N)ccc2nc(C#N)sc12.C=CCc1c(N)ccc2nc(C3=N[C@@H](C(=O)O)CS3)sc12.CO.Clc1nc2ccccc2s1.N#Cc1nc2ccc(N)cc2s1.Nc1ccc2nc(Cl)sc2c1.O=CO[O-].O=NO[O-].O=[N+]([O-])c1ccc2nc(Cl)sc2c1.[2H]CF.[C-]#N.[H-].[K+].[K+].[K+].[K+].[SnH2]. The number of anilines is 5. The first-order chi connectivity index (χ1) is 56.4. The number of aliphatic imine (C=N–C) groups is 1. The number of carboxylic acids is 1. The van der Waals surface area contributed by atoms with Gasteiger partial charge in [-0.1, -0.05) is 87.2 Å². The van der Waals surface area contributed by atoms with Crippen LogP contribution in [0.4, 0.5) is 38.5 Å². The van der Waals surface area contributed by atoms with Crippen molar-refractivity contribution in [1.82, 2.24) is 34.9 Å². The number of hydrogen-bond acceptors (Lipinski definition) is 36. The summed E-state index contributed by atoms with van der Waals surface area (Å²) in [6.45, 7) is 19.9.